The number of nitrogens with one attached hydrogen (secondary N) is 4. The van der Waals surface area contributed by atoms with E-state index in [-0.39, 0.29) is 24.3 Å². The number of fused-ring (bicyclic) bond motifs is 7. The first kappa shape index (κ1) is 45.5. The van der Waals surface area contributed by atoms with Crippen molar-refractivity contribution in [3.8, 4) is 28.1 Å². The van der Waals surface area contributed by atoms with Crippen molar-refractivity contribution in [2.45, 2.75) is 97.8 Å². The van der Waals surface area contributed by atoms with E-state index in [0.717, 1.165) is 58.7 Å². The monoisotopic (exact) mass is 872 g/mol. The predicted octanol–water partition coefficient (Wildman–Crippen LogP) is 3.73. The van der Waals surface area contributed by atoms with Crippen molar-refractivity contribution in [1.82, 2.24) is 40.4 Å². The Bertz CT molecular complexity index is 2800. The molecular formula is C44H43B7N8O7. The number of alkyl carbamates (subject to hydrolysis) is 2. The molecule has 6 heterocycles. The number of likely N-dealkylation sites (tertiary alicyclic amines) is 1. The highest BCUT2D eigenvalue weighted by Crippen LogP contribution is 2.67. The van der Waals surface area contributed by atoms with Crippen molar-refractivity contribution in [1.29, 1.82) is 0 Å². The van der Waals surface area contributed by atoms with Gasteiger partial charge in [0.2, 0.25) is 11.8 Å². The molecular weight excluding hydrogens is 828 g/mol. The molecule has 4 N–H and O–H groups in total. The maximum atomic E-state index is 14.8. The Kier molecular flexibility index (Phi) is 11.2. The average Bonchev–Trinajstić information content (AvgIpc) is 4.11. The number of aromatic nitrogens is 4. The fraction of sp³-hybridized carbons (Fsp3) is 0.455. The van der Waals surface area contributed by atoms with E-state index in [1.807, 2.05) is 38.1 Å². The molecule has 4 amide bonds. The largest absolute Gasteiger partial charge is 0.488 e. The third-order valence-corrected chi connectivity index (χ3v) is 14.0. The van der Waals surface area contributed by atoms with Crippen molar-refractivity contribution in [3.63, 3.8) is 0 Å². The van der Waals surface area contributed by atoms with Gasteiger partial charge in [-0.2, -0.15) is 0 Å². The summed E-state index contributed by atoms with van der Waals surface area (Å²) >= 11 is 0. The Morgan fingerprint density at radius 2 is 1.68 bits per heavy atom. The number of aromatic amines is 2. The summed E-state index contributed by atoms with van der Waals surface area (Å²) in [6.45, 7) is 4.63. The zero-order valence-electron chi connectivity index (χ0n) is 37.1. The van der Waals surface area contributed by atoms with Crippen LogP contribution < -0.4 is 15.4 Å². The van der Waals surface area contributed by atoms with Gasteiger partial charge in [0, 0.05) is 23.5 Å². The van der Waals surface area contributed by atoms with Crippen molar-refractivity contribution < 1.29 is 33.4 Å². The van der Waals surface area contributed by atoms with E-state index in [9.17, 15) is 19.2 Å². The van der Waals surface area contributed by atoms with Crippen LogP contribution in [0.3, 0.4) is 0 Å². The van der Waals surface area contributed by atoms with Gasteiger partial charge in [0.1, 0.15) is 37.9 Å². The fourth-order valence-electron chi connectivity index (χ4n) is 10.5. The SMILES string of the molecule is [B]C([B])([B])C1([B])C([B])([B])C[C@H]2CC[C@@H](c3nc4c(ccc5cc6c(cc54)OCc4cc(-c5cnc([C@@H]7CCCN7C(=O)C(NC(=O)OC)C(C)C)[nH]5)ccc4-6)[nH]3)N2C(=O)[C@@]1([B])NC(=O)OC. The van der Waals surface area contributed by atoms with E-state index in [2.05, 4.69) is 38.8 Å². The molecule has 0 spiro atoms. The van der Waals surface area contributed by atoms with Gasteiger partial charge in [0.15, 0.2) is 0 Å². The second-order valence-corrected chi connectivity index (χ2v) is 18.4. The van der Waals surface area contributed by atoms with Gasteiger partial charge < -0.3 is 44.6 Å². The molecule has 9 rings (SSSR count). The van der Waals surface area contributed by atoms with Crippen molar-refractivity contribution in [2.24, 2.45) is 5.92 Å². The van der Waals surface area contributed by atoms with E-state index in [1.165, 1.54) is 12.0 Å². The molecule has 15 nitrogen and oxygen atoms in total. The average molecular weight is 872 g/mol. The number of H-pyrrole nitrogens is 2. The van der Waals surface area contributed by atoms with E-state index >= 15 is 0 Å². The molecule has 0 bridgehead atoms. The summed E-state index contributed by atoms with van der Waals surface area (Å²) < 4.78 is 16.0. The Balaban J connectivity index is 0.996. The maximum absolute atomic E-state index is 14.8. The molecule has 3 saturated heterocycles. The zero-order valence-corrected chi connectivity index (χ0v) is 37.1. The molecule has 14 radical (unpaired) electrons. The smallest absolute Gasteiger partial charge is 0.407 e. The van der Waals surface area contributed by atoms with Crippen LogP contribution in [0.1, 0.15) is 75.2 Å². The molecule has 6 atom stereocenters. The molecule has 4 aliphatic heterocycles. The zero-order chi connectivity index (χ0) is 47.2. The van der Waals surface area contributed by atoms with Gasteiger partial charge in [0.25, 0.3) is 0 Å². The van der Waals surface area contributed by atoms with Crippen LogP contribution in [-0.2, 0) is 25.7 Å². The lowest BCUT2D eigenvalue weighted by atomic mass is 9.13. The first-order valence-corrected chi connectivity index (χ1v) is 21.8. The van der Waals surface area contributed by atoms with Gasteiger partial charge in [-0.05, 0) is 84.4 Å². The number of hydrogen-bond acceptors (Lipinski definition) is 9. The van der Waals surface area contributed by atoms with Gasteiger partial charge in [-0.3, -0.25) is 9.59 Å². The molecule has 4 aliphatic rings. The number of ether oxygens (including phenoxy) is 3. The summed E-state index contributed by atoms with van der Waals surface area (Å²) in [6, 6.07) is 11.8. The molecule has 2 unspecified atom stereocenters. The number of rotatable bonds is 8. The third kappa shape index (κ3) is 7.10. The van der Waals surface area contributed by atoms with Gasteiger partial charge in [-0.1, -0.05) is 42.6 Å². The molecule has 66 heavy (non-hydrogen) atoms. The second kappa shape index (κ2) is 16.3. The van der Waals surface area contributed by atoms with Crippen LogP contribution in [0.25, 0.3) is 44.2 Å². The fourth-order valence-corrected chi connectivity index (χ4v) is 10.5. The Labute approximate surface area is 391 Å². The normalized spacial score (nSPS) is 25.1. The first-order chi connectivity index (χ1) is 31.2. The second-order valence-electron chi connectivity index (χ2n) is 18.4. The van der Waals surface area contributed by atoms with Crippen molar-refractivity contribution in [3.05, 3.63) is 65.9 Å². The number of hydrogen-bond donors (Lipinski definition) is 4. The first-order valence-electron chi connectivity index (χ1n) is 21.8. The van der Waals surface area contributed by atoms with Gasteiger partial charge in [-0.15, -0.1) is 5.11 Å². The molecule has 2 aromatic heterocycles. The summed E-state index contributed by atoms with van der Waals surface area (Å²) in [6.07, 6.45) is 2.33. The van der Waals surface area contributed by atoms with Crippen LogP contribution in [-0.4, -0.2) is 147 Å². The van der Waals surface area contributed by atoms with Crippen LogP contribution in [0, 0.1) is 5.92 Å². The number of nitrogens with zero attached hydrogens (tertiary/aromatic N) is 4. The third-order valence-electron chi connectivity index (χ3n) is 14.0. The van der Waals surface area contributed by atoms with Crippen LogP contribution in [0.15, 0.2) is 48.7 Å². The molecule has 5 aromatic rings. The molecule has 0 saturated carbocycles. The van der Waals surface area contributed by atoms with E-state index < -0.39 is 57.3 Å². The molecule has 3 fully saturated rings. The Morgan fingerprint density at radius 3 is 2.39 bits per heavy atom. The molecule has 322 valence electrons. The Hall–Kier alpha value is -5.67. The number of imidazole rings is 2. The highest BCUT2D eigenvalue weighted by atomic mass is 16.5. The van der Waals surface area contributed by atoms with Crippen molar-refractivity contribution >= 4 is 101 Å². The number of benzene rings is 3. The van der Waals surface area contributed by atoms with Gasteiger partial charge >= 0.3 is 12.2 Å². The quantitative estimate of drug-likeness (QED) is 0.169. The maximum Gasteiger partial charge on any atom is 0.407 e. The summed E-state index contributed by atoms with van der Waals surface area (Å²) in [5.74, 6) is 0.626. The summed E-state index contributed by atoms with van der Waals surface area (Å²) in [5, 5.41) is -0.283. The standard InChI is InChI=1S/C44H43B7N8O7/c1-20(2)33(56-39(62)64-3)37(60)58-13-5-6-30(58)35-52-18-29(54-35)22-7-10-25-23(14-22)19-66-32-16-26-21(15-27(25)32)8-11-28-34(26)55-36(53-28)31-12-9-24-17-41(45,46)43(48,44(49,50)51)42(47,38(61)59(24)31)57-40(63)65-4/h7-8,10-11,14-16,18,20,24,30-31,33H,5-6,9,12-13,17,19H2,1-4H3,(H,52,54)(H,53,55)(H,56,62)(H,57,63)/t24-,30+,31+,33?,42-,43?/m1/s1. The Morgan fingerprint density at radius 1 is 0.924 bits per heavy atom. The van der Waals surface area contributed by atoms with Gasteiger partial charge in [-0.25, -0.2) is 19.6 Å². The number of methoxy groups -OCH3 is 2. The van der Waals surface area contributed by atoms with Crippen LogP contribution in [0.4, 0.5) is 9.59 Å². The highest BCUT2D eigenvalue weighted by Gasteiger charge is 2.65. The predicted molar refractivity (Wildman–Crippen MR) is 253 cm³/mol. The molecule has 3 aromatic carbocycles. The minimum absolute atomic E-state index is 0.112. The minimum Gasteiger partial charge on any atom is -0.488 e. The molecule has 0 aliphatic carbocycles. The topological polar surface area (TPSA) is 184 Å². The van der Waals surface area contributed by atoms with Crippen LogP contribution >= 0.6 is 0 Å². The van der Waals surface area contributed by atoms with E-state index in [4.69, 9.17) is 79.1 Å². The van der Waals surface area contributed by atoms with Crippen LogP contribution in [0.2, 0.25) is 15.6 Å². The van der Waals surface area contributed by atoms with Crippen LogP contribution in [0.5, 0.6) is 5.75 Å². The number of amides is 4. The number of carbonyl (C=O) groups excluding carboxylic acids is 4. The summed E-state index contributed by atoms with van der Waals surface area (Å²) in [5.41, 5.74) is 3.35. The molecule has 22 heteroatoms. The van der Waals surface area contributed by atoms with E-state index in [0.29, 0.717) is 54.4 Å². The highest BCUT2D eigenvalue weighted by molar-refractivity contribution is 6.66. The van der Waals surface area contributed by atoms with Gasteiger partial charge in [0.05, 0.1) is 102 Å². The lowest BCUT2D eigenvalue weighted by molar-refractivity contribution is -0.138. The van der Waals surface area contributed by atoms with E-state index in [1.54, 1.807) is 11.1 Å². The summed E-state index contributed by atoms with van der Waals surface area (Å²) in [4.78, 5) is 73.1. The lowest BCUT2D eigenvalue weighted by Gasteiger charge is -2.63. The van der Waals surface area contributed by atoms with Crippen molar-refractivity contribution in [2.75, 3.05) is 20.8 Å². The lowest BCUT2D eigenvalue weighted by Crippen LogP contribution is -2.70. The number of carbonyl (C=O) groups is 4. The summed E-state index contributed by atoms with van der Waals surface area (Å²) in [7, 11) is 47.7. The minimum atomic E-state index is -2.63.